The topological polar surface area (TPSA) is 106 Å². The third-order valence-electron chi connectivity index (χ3n) is 5.68. The van der Waals surface area contributed by atoms with Gasteiger partial charge in [0.1, 0.15) is 10.9 Å². The molecule has 1 fully saturated rings. The van der Waals surface area contributed by atoms with E-state index in [1.54, 1.807) is 6.92 Å². The Hall–Kier alpha value is -2.59. The number of ether oxygens (including phenoxy) is 1. The van der Waals surface area contributed by atoms with Gasteiger partial charge < -0.3 is 10.5 Å². The van der Waals surface area contributed by atoms with Crippen LogP contribution in [0.5, 0.6) is 0 Å². The molecule has 1 heterocycles. The van der Waals surface area contributed by atoms with Gasteiger partial charge in [-0.3, -0.25) is 9.59 Å². The number of hydrogen-bond donors (Lipinski definition) is 1. The number of hydrogen-bond acceptors (Lipinski definition) is 6. The van der Waals surface area contributed by atoms with Crippen molar-refractivity contribution in [3.63, 3.8) is 0 Å². The number of nitriles is 1. The first-order valence-corrected chi connectivity index (χ1v) is 11.4. The van der Waals surface area contributed by atoms with E-state index in [0.717, 1.165) is 31.2 Å². The van der Waals surface area contributed by atoms with Gasteiger partial charge >= 0.3 is 5.97 Å². The van der Waals surface area contributed by atoms with E-state index >= 15 is 0 Å². The van der Waals surface area contributed by atoms with Crippen molar-refractivity contribution in [2.24, 2.45) is 28.5 Å². The first kappa shape index (κ1) is 22.1. The number of amides is 1. The summed E-state index contributed by atoms with van der Waals surface area (Å²) in [5, 5.41) is 10.5. The minimum atomic E-state index is -0.636. The standard InChI is InChI=1S/C23H27N3O3S/c1-2-29-23(28)20-19(15-9-5-3-6-10-15)17(13-24)22(30-14-18(25)27)26-21(20)16-11-7-4-8-12-16/h4,7-8,11-12,15,19-20H,2-3,5-6,9-10,14H2,1H3,(H2,25,27)/t19-,20?/m0/s1. The number of rotatable bonds is 7. The lowest BCUT2D eigenvalue weighted by Gasteiger charge is -2.37. The fourth-order valence-electron chi connectivity index (χ4n) is 4.43. The van der Waals surface area contributed by atoms with Crippen molar-refractivity contribution < 1.29 is 14.3 Å². The van der Waals surface area contributed by atoms with Gasteiger partial charge in [0, 0.05) is 5.92 Å². The fraction of sp³-hybridized carbons (Fsp3) is 0.478. The highest BCUT2D eigenvalue weighted by atomic mass is 32.2. The van der Waals surface area contributed by atoms with Crippen molar-refractivity contribution in [1.29, 1.82) is 5.26 Å². The Morgan fingerprint density at radius 3 is 2.53 bits per heavy atom. The van der Waals surface area contributed by atoms with Crippen LogP contribution in [0.4, 0.5) is 0 Å². The largest absolute Gasteiger partial charge is 0.465 e. The molecular formula is C23H27N3O3S. The van der Waals surface area contributed by atoms with Gasteiger partial charge in [-0.2, -0.15) is 5.26 Å². The molecule has 2 N–H and O–H groups in total. The lowest BCUT2D eigenvalue weighted by Crippen LogP contribution is -2.41. The average molecular weight is 426 g/mol. The molecule has 0 spiro atoms. The Morgan fingerprint density at radius 1 is 1.23 bits per heavy atom. The minimum absolute atomic E-state index is 0.0353. The first-order chi connectivity index (χ1) is 14.6. The van der Waals surface area contributed by atoms with E-state index in [4.69, 9.17) is 15.5 Å². The minimum Gasteiger partial charge on any atom is -0.465 e. The molecule has 0 radical (unpaired) electrons. The fourth-order valence-corrected chi connectivity index (χ4v) is 5.21. The van der Waals surface area contributed by atoms with Crippen LogP contribution in [0.1, 0.15) is 44.6 Å². The van der Waals surface area contributed by atoms with Gasteiger partial charge in [-0.25, -0.2) is 4.99 Å². The van der Waals surface area contributed by atoms with Gasteiger partial charge in [0.05, 0.1) is 29.7 Å². The van der Waals surface area contributed by atoms with Crippen LogP contribution in [-0.4, -0.2) is 29.9 Å². The molecule has 3 rings (SSSR count). The summed E-state index contributed by atoms with van der Waals surface area (Å²) in [7, 11) is 0. The number of allylic oxidation sites excluding steroid dienone is 1. The number of carbonyl (C=O) groups excluding carboxylic acids is 2. The number of aliphatic imine (C=N–C) groups is 1. The predicted octanol–water partition coefficient (Wildman–Crippen LogP) is 3.82. The van der Waals surface area contributed by atoms with Crippen molar-refractivity contribution in [3.05, 3.63) is 46.5 Å². The van der Waals surface area contributed by atoms with Crippen molar-refractivity contribution in [2.75, 3.05) is 12.4 Å². The van der Waals surface area contributed by atoms with Gasteiger partial charge in [-0.15, -0.1) is 0 Å². The SMILES string of the molecule is CCOC(=O)C1C(c2ccccc2)=NC(SCC(N)=O)=C(C#N)[C@@H]1C1CCCCC1. The van der Waals surface area contributed by atoms with Crippen molar-refractivity contribution >= 4 is 29.4 Å². The molecule has 7 heteroatoms. The Balaban J connectivity index is 2.15. The molecule has 1 amide bonds. The van der Waals surface area contributed by atoms with Crippen LogP contribution in [-0.2, 0) is 14.3 Å². The average Bonchev–Trinajstić information content (AvgIpc) is 2.77. The lowest BCUT2D eigenvalue weighted by atomic mass is 9.68. The highest BCUT2D eigenvalue weighted by Gasteiger charge is 2.45. The van der Waals surface area contributed by atoms with Crippen molar-refractivity contribution in [1.82, 2.24) is 0 Å². The van der Waals surface area contributed by atoms with Crippen LogP contribution >= 0.6 is 11.8 Å². The molecule has 6 nitrogen and oxygen atoms in total. The summed E-state index contributed by atoms with van der Waals surface area (Å²) in [5.74, 6) is -1.53. The van der Waals surface area contributed by atoms with E-state index in [0.29, 0.717) is 16.3 Å². The second-order valence-corrected chi connectivity index (χ2v) is 8.57. The number of benzene rings is 1. The molecule has 1 aromatic carbocycles. The maximum atomic E-state index is 13.2. The smallest absolute Gasteiger partial charge is 0.315 e. The van der Waals surface area contributed by atoms with Crippen LogP contribution in [0.15, 0.2) is 45.9 Å². The Labute approximate surface area is 181 Å². The molecule has 0 saturated heterocycles. The summed E-state index contributed by atoms with van der Waals surface area (Å²) in [6.45, 7) is 2.05. The Kier molecular flexibility index (Phi) is 7.69. The van der Waals surface area contributed by atoms with Crippen LogP contribution in [0.3, 0.4) is 0 Å². The van der Waals surface area contributed by atoms with Crippen LogP contribution in [0.2, 0.25) is 0 Å². The maximum Gasteiger partial charge on any atom is 0.315 e. The Bertz CT molecular complexity index is 883. The van der Waals surface area contributed by atoms with Crippen LogP contribution in [0, 0.1) is 29.1 Å². The van der Waals surface area contributed by atoms with Gasteiger partial charge in [-0.05, 0) is 31.2 Å². The number of nitrogens with zero attached hydrogens (tertiary/aromatic N) is 2. The second kappa shape index (κ2) is 10.4. The van der Waals surface area contributed by atoms with Gasteiger partial charge in [0.2, 0.25) is 5.91 Å². The second-order valence-electron chi connectivity index (χ2n) is 7.60. The van der Waals surface area contributed by atoms with Crippen molar-refractivity contribution in [2.45, 2.75) is 39.0 Å². The van der Waals surface area contributed by atoms with E-state index in [1.165, 1.54) is 18.2 Å². The van der Waals surface area contributed by atoms with Gasteiger partial charge in [0.15, 0.2) is 0 Å². The number of primary amides is 1. The molecule has 158 valence electrons. The van der Waals surface area contributed by atoms with E-state index in [1.807, 2.05) is 30.3 Å². The zero-order valence-corrected chi connectivity index (χ0v) is 18.0. The molecule has 1 aromatic rings. The van der Waals surface area contributed by atoms with E-state index in [-0.39, 0.29) is 30.2 Å². The number of thioether (sulfide) groups is 1. The van der Waals surface area contributed by atoms with Crippen LogP contribution < -0.4 is 5.73 Å². The first-order valence-electron chi connectivity index (χ1n) is 10.4. The molecule has 1 saturated carbocycles. The molecule has 1 unspecified atom stereocenters. The predicted molar refractivity (Wildman–Crippen MR) is 117 cm³/mol. The number of esters is 1. The molecule has 0 bridgehead atoms. The normalized spacial score (nSPS) is 22.2. The molecule has 2 aliphatic rings. The summed E-state index contributed by atoms with van der Waals surface area (Å²) in [6.07, 6.45) is 5.25. The quantitative estimate of drug-likeness (QED) is 0.669. The molecule has 2 atom stereocenters. The number of carbonyl (C=O) groups is 2. The van der Waals surface area contributed by atoms with Crippen LogP contribution in [0.25, 0.3) is 0 Å². The molecule has 1 aliphatic heterocycles. The van der Waals surface area contributed by atoms with E-state index in [2.05, 4.69) is 6.07 Å². The molecule has 0 aromatic heterocycles. The third kappa shape index (κ3) is 4.93. The summed E-state index contributed by atoms with van der Waals surface area (Å²) in [5.41, 5.74) is 7.26. The highest BCUT2D eigenvalue weighted by molar-refractivity contribution is 8.03. The summed E-state index contributed by atoms with van der Waals surface area (Å²) >= 11 is 1.17. The van der Waals surface area contributed by atoms with E-state index < -0.39 is 11.8 Å². The molecular weight excluding hydrogens is 398 g/mol. The van der Waals surface area contributed by atoms with Gasteiger partial charge in [-0.1, -0.05) is 61.4 Å². The zero-order chi connectivity index (χ0) is 21.5. The third-order valence-corrected chi connectivity index (χ3v) is 6.69. The lowest BCUT2D eigenvalue weighted by molar-refractivity contribution is -0.147. The van der Waals surface area contributed by atoms with E-state index in [9.17, 15) is 14.9 Å². The zero-order valence-electron chi connectivity index (χ0n) is 17.2. The van der Waals surface area contributed by atoms with Crippen molar-refractivity contribution in [3.8, 4) is 6.07 Å². The summed E-state index contributed by atoms with van der Waals surface area (Å²) in [4.78, 5) is 29.3. The number of nitrogens with two attached hydrogens (primary N) is 1. The summed E-state index contributed by atoms with van der Waals surface area (Å²) in [6, 6.07) is 11.8. The monoisotopic (exact) mass is 425 g/mol. The Morgan fingerprint density at radius 2 is 1.93 bits per heavy atom. The van der Waals surface area contributed by atoms with Gasteiger partial charge in [0.25, 0.3) is 0 Å². The highest BCUT2D eigenvalue weighted by Crippen LogP contribution is 2.45. The summed E-state index contributed by atoms with van der Waals surface area (Å²) < 4.78 is 5.45. The molecule has 30 heavy (non-hydrogen) atoms. The maximum absolute atomic E-state index is 13.2. The molecule has 1 aliphatic carbocycles.